The molecule has 1 amide bonds. The maximum Gasteiger partial charge on any atom is 0.236 e. The normalized spacial score (nSPS) is 10.4. The molecule has 0 aliphatic carbocycles. The highest BCUT2D eigenvalue weighted by atomic mass is 32.2. The summed E-state index contributed by atoms with van der Waals surface area (Å²) >= 11 is 2.89. The number of ether oxygens (including phenoxy) is 1. The van der Waals surface area contributed by atoms with Gasteiger partial charge < -0.3 is 4.74 Å². The summed E-state index contributed by atoms with van der Waals surface area (Å²) in [6.07, 6.45) is 0.828. The molecule has 0 aliphatic heterocycles. The second-order valence-electron chi connectivity index (χ2n) is 4.10. The number of nitrogens with zero attached hydrogens (tertiary/aromatic N) is 2. The van der Waals surface area contributed by atoms with E-state index in [9.17, 15) is 4.79 Å². The zero-order chi connectivity index (χ0) is 15.1. The predicted molar refractivity (Wildman–Crippen MR) is 86.3 cm³/mol. The molecule has 0 unspecified atom stereocenters. The second kappa shape index (κ2) is 7.99. The van der Waals surface area contributed by atoms with Gasteiger partial charge in [-0.15, -0.1) is 22.0 Å². The van der Waals surface area contributed by atoms with Crippen LogP contribution in [0.5, 0.6) is 5.75 Å². The van der Waals surface area contributed by atoms with Gasteiger partial charge in [0, 0.05) is 4.90 Å². The van der Waals surface area contributed by atoms with Crippen LogP contribution in [-0.2, 0) is 11.2 Å². The molecule has 1 heterocycles. The van der Waals surface area contributed by atoms with Gasteiger partial charge in [-0.1, -0.05) is 18.3 Å². The predicted octanol–water partition coefficient (Wildman–Crippen LogP) is 3.23. The van der Waals surface area contributed by atoms with Crippen LogP contribution in [0.1, 0.15) is 18.9 Å². The van der Waals surface area contributed by atoms with Gasteiger partial charge in [-0.3, -0.25) is 10.1 Å². The zero-order valence-electron chi connectivity index (χ0n) is 12.0. The summed E-state index contributed by atoms with van der Waals surface area (Å²) < 4.78 is 5.38. The third kappa shape index (κ3) is 5.02. The summed E-state index contributed by atoms with van der Waals surface area (Å²) in [7, 11) is 0. The number of thioether (sulfide) groups is 1. The van der Waals surface area contributed by atoms with Crippen molar-refractivity contribution in [3.63, 3.8) is 0 Å². The number of aryl methyl sites for hydroxylation is 1. The molecule has 0 saturated carbocycles. The van der Waals surface area contributed by atoms with E-state index >= 15 is 0 Å². The van der Waals surface area contributed by atoms with E-state index in [4.69, 9.17) is 4.74 Å². The Labute approximate surface area is 132 Å². The second-order valence-corrected chi connectivity index (χ2v) is 6.21. The van der Waals surface area contributed by atoms with E-state index in [1.807, 2.05) is 38.1 Å². The highest BCUT2D eigenvalue weighted by Gasteiger charge is 2.08. The molecule has 1 aromatic heterocycles. The number of amides is 1. The van der Waals surface area contributed by atoms with Crippen LogP contribution in [0.25, 0.3) is 0 Å². The SMILES string of the molecule is CCOc1ccc(SCC(=O)Nc2nnc(CC)s2)cc1. The minimum absolute atomic E-state index is 0.0762. The molecule has 21 heavy (non-hydrogen) atoms. The Morgan fingerprint density at radius 1 is 1.29 bits per heavy atom. The van der Waals surface area contributed by atoms with Gasteiger partial charge in [-0.2, -0.15) is 0 Å². The lowest BCUT2D eigenvalue weighted by atomic mass is 10.3. The number of rotatable bonds is 7. The molecule has 5 nitrogen and oxygen atoms in total. The summed E-state index contributed by atoms with van der Waals surface area (Å²) in [6.45, 7) is 4.61. The molecule has 7 heteroatoms. The molecule has 112 valence electrons. The number of hydrogen-bond acceptors (Lipinski definition) is 6. The average molecular weight is 323 g/mol. The Bertz CT molecular complexity index is 584. The standard InChI is InChI=1S/C14H17N3O2S2/c1-3-13-16-17-14(21-13)15-12(18)9-20-11-7-5-10(6-8-11)19-4-2/h5-8H,3-4,9H2,1-2H3,(H,15,17,18). The number of carbonyl (C=O) groups is 1. The van der Waals surface area contributed by atoms with Gasteiger partial charge in [0.2, 0.25) is 11.0 Å². The van der Waals surface area contributed by atoms with Crippen LogP contribution in [-0.4, -0.2) is 28.5 Å². The van der Waals surface area contributed by atoms with E-state index in [0.29, 0.717) is 17.5 Å². The van der Waals surface area contributed by atoms with Gasteiger partial charge in [-0.25, -0.2) is 0 Å². The first-order chi connectivity index (χ1) is 10.2. The third-order valence-corrected chi connectivity index (χ3v) is 4.52. The lowest BCUT2D eigenvalue weighted by Crippen LogP contribution is -2.13. The Morgan fingerprint density at radius 2 is 2.05 bits per heavy atom. The van der Waals surface area contributed by atoms with Crippen LogP contribution in [0.2, 0.25) is 0 Å². The summed E-state index contributed by atoms with van der Waals surface area (Å²) in [5, 5.41) is 12.1. The third-order valence-electron chi connectivity index (χ3n) is 2.52. The zero-order valence-corrected chi connectivity index (χ0v) is 13.6. The summed E-state index contributed by atoms with van der Waals surface area (Å²) in [5.74, 6) is 1.11. The van der Waals surface area contributed by atoms with E-state index in [1.165, 1.54) is 23.1 Å². The van der Waals surface area contributed by atoms with Crippen LogP contribution in [0.15, 0.2) is 29.2 Å². The van der Waals surface area contributed by atoms with Crippen molar-refractivity contribution < 1.29 is 9.53 Å². The first-order valence-corrected chi connectivity index (χ1v) is 8.49. The lowest BCUT2D eigenvalue weighted by Gasteiger charge is -2.04. The summed E-state index contributed by atoms with van der Waals surface area (Å²) in [6, 6.07) is 7.70. The Balaban J connectivity index is 1.80. The number of aromatic nitrogens is 2. The van der Waals surface area contributed by atoms with Crippen molar-refractivity contribution in [2.45, 2.75) is 25.2 Å². The molecular weight excluding hydrogens is 306 g/mol. The smallest absolute Gasteiger partial charge is 0.236 e. The summed E-state index contributed by atoms with van der Waals surface area (Å²) in [4.78, 5) is 12.9. The quantitative estimate of drug-likeness (QED) is 0.793. The van der Waals surface area contributed by atoms with Gasteiger partial charge in [0.1, 0.15) is 10.8 Å². The van der Waals surface area contributed by atoms with Crippen molar-refractivity contribution in [2.24, 2.45) is 0 Å². The molecule has 1 aromatic carbocycles. The number of carbonyl (C=O) groups excluding carboxylic acids is 1. The number of anilines is 1. The maximum atomic E-state index is 11.8. The van der Waals surface area contributed by atoms with E-state index < -0.39 is 0 Å². The van der Waals surface area contributed by atoms with Crippen LogP contribution < -0.4 is 10.1 Å². The van der Waals surface area contributed by atoms with Crippen LogP contribution in [0, 0.1) is 0 Å². The molecule has 0 bridgehead atoms. The lowest BCUT2D eigenvalue weighted by molar-refractivity contribution is -0.113. The summed E-state index contributed by atoms with van der Waals surface area (Å²) in [5.41, 5.74) is 0. The van der Waals surface area contributed by atoms with E-state index in [-0.39, 0.29) is 5.91 Å². The highest BCUT2D eigenvalue weighted by molar-refractivity contribution is 8.00. The molecule has 1 N–H and O–H groups in total. The van der Waals surface area contributed by atoms with Gasteiger partial charge >= 0.3 is 0 Å². The Hall–Kier alpha value is -1.60. The number of hydrogen-bond donors (Lipinski definition) is 1. The topological polar surface area (TPSA) is 64.1 Å². The molecule has 2 aromatic rings. The minimum Gasteiger partial charge on any atom is -0.494 e. The van der Waals surface area contributed by atoms with E-state index in [2.05, 4.69) is 15.5 Å². The first kappa shape index (κ1) is 15.8. The highest BCUT2D eigenvalue weighted by Crippen LogP contribution is 2.22. The van der Waals surface area contributed by atoms with Gasteiger partial charge in [0.05, 0.1) is 12.4 Å². The molecule has 0 radical (unpaired) electrons. The molecule has 0 aliphatic rings. The minimum atomic E-state index is -0.0762. The monoisotopic (exact) mass is 323 g/mol. The van der Waals surface area contributed by atoms with Crippen LogP contribution in [0.4, 0.5) is 5.13 Å². The fourth-order valence-electron chi connectivity index (χ4n) is 1.55. The average Bonchev–Trinajstić information content (AvgIpc) is 2.94. The molecule has 0 spiro atoms. The Kier molecular flexibility index (Phi) is 6.01. The first-order valence-electron chi connectivity index (χ1n) is 6.69. The van der Waals surface area contributed by atoms with Crippen LogP contribution in [0.3, 0.4) is 0 Å². The number of benzene rings is 1. The van der Waals surface area contributed by atoms with Crippen molar-refractivity contribution in [3.05, 3.63) is 29.3 Å². The van der Waals surface area contributed by atoms with Crippen molar-refractivity contribution in [2.75, 3.05) is 17.7 Å². The Morgan fingerprint density at radius 3 is 2.67 bits per heavy atom. The fourth-order valence-corrected chi connectivity index (χ4v) is 2.94. The molecular formula is C14H17N3O2S2. The maximum absolute atomic E-state index is 11.8. The molecule has 0 atom stereocenters. The largest absolute Gasteiger partial charge is 0.494 e. The van der Waals surface area contributed by atoms with Crippen molar-refractivity contribution in [1.29, 1.82) is 0 Å². The van der Waals surface area contributed by atoms with E-state index in [1.54, 1.807) is 0 Å². The van der Waals surface area contributed by atoms with Crippen LogP contribution >= 0.6 is 23.1 Å². The van der Waals surface area contributed by atoms with Crippen molar-refractivity contribution >= 4 is 34.1 Å². The fraction of sp³-hybridized carbons (Fsp3) is 0.357. The number of nitrogens with one attached hydrogen (secondary N) is 1. The van der Waals surface area contributed by atoms with Gasteiger partial charge in [0.25, 0.3) is 0 Å². The van der Waals surface area contributed by atoms with Crippen molar-refractivity contribution in [3.8, 4) is 5.75 Å². The molecule has 0 fully saturated rings. The van der Waals surface area contributed by atoms with E-state index in [0.717, 1.165) is 22.1 Å². The molecule has 2 rings (SSSR count). The van der Waals surface area contributed by atoms with Gasteiger partial charge in [-0.05, 0) is 37.6 Å². The van der Waals surface area contributed by atoms with Crippen molar-refractivity contribution in [1.82, 2.24) is 10.2 Å². The molecule has 0 saturated heterocycles. The van der Waals surface area contributed by atoms with Gasteiger partial charge in [0.15, 0.2) is 0 Å².